The summed E-state index contributed by atoms with van der Waals surface area (Å²) in [5, 5.41) is 12.2. The highest BCUT2D eigenvalue weighted by Gasteiger charge is 2.14. The molecule has 2 aromatic carbocycles. The summed E-state index contributed by atoms with van der Waals surface area (Å²) in [5.74, 6) is 0.811. The first-order valence-corrected chi connectivity index (χ1v) is 7.82. The Balaban J connectivity index is 1.78. The molecule has 0 aliphatic heterocycles. The summed E-state index contributed by atoms with van der Waals surface area (Å²) in [6.45, 7) is 7.26. The van der Waals surface area contributed by atoms with Crippen molar-refractivity contribution in [3.63, 3.8) is 0 Å². The lowest BCUT2D eigenvalue weighted by Gasteiger charge is -2.16. The van der Waals surface area contributed by atoms with Crippen LogP contribution in [-0.2, 0) is 0 Å². The molecule has 0 unspecified atom stereocenters. The molecule has 0 saturated carbocycles. The summed E-state index contributed by atoms with van der Waals surface area (Å²) in [5.41, 5.74) is 3.76. The van der Waals surface area contributed by atoms with Gasteiger partial charge in [0.1, 0.15) is 31.0 Å². The lowest BCUT2D eigenvalue weighted by atomic mass is 10.0. The van der Waals surface area contributed by atoms with Gasteiger partial charge >= 0.3 is 0 Å². The smallest absolute Gasteiger partial charge is 0.137 e. The topological polar surface area (TPSA) is 46.1 Å². The highest BCUT2D eigenvalue weighted by Crippen LogP contribution is 2.14. The Bertz CT molecular complexity index is 597. The van der Waals surface area contributed by atoms with Crippen LogP contribution in [0.1, 0.15) is 29.7 Å². The minimum absolute atomic E-state index is 0.320. The van der Waals surface area contributed by atoms with Gasteiger partial charge in [0.2, 0.25) is 0 Å². The van der Waals surface area contributed by atoms with Crippen LogP contribution in [0.25, 0.3) is 0 Å². The molecule has 22 heavy (non-hydrogen) atoms. The number of quaternary nitrogens is 1. The predicted molar refractivity (Wildman–Crippen MR) is 89.1 cm³/mol. The van der Waals surface area contributed by atoms with Gasteiger partial charge in [-0.25, -0.2) is 0 Å². The fourth-order valence-electron chi connectivity index (χ4n) is 2.55. The maximum atomic E-state index is 10.1. The lowest BCUT2D eigenvalue weighted by molar-refractivity contribution is -0.698. The van der Waals surface area contributed by atoms with E-state index in [-0.39, 0.29) is 0 Å². The maximum absolute atomic E-state index is 10.1. The number of aryl methyl sites for hydroxylation is 2. The van der Waals surface area contributed by atoms with Gasteiger partial charge in [-0.05, 0) is 44.0 Å². The van der Waals surface area contributed by atoms with E-state index in [1.54, 1.807) is 0 Å². The van der Waals surface area contributed by atoms with Crippen molar-refractivity contribution in [1.29, 1.82) is 0 Å². The van der Waals surface area contributed by atoms with Crippen LogP contribution in [-0.4, -0.2) is 24.4 Å². The first-order valence-electron chi connectivity index (χ1n) is 7.82. The van der Waals surface area contributed by atoms with Crippen LogP contribution >= 0.6 is 0 Å². The molecule has 0 spiro atoms. The van der Waals surface area contributed by atoms with Gasteiger partial charge in [-0.3, -0.25) is 0 Å². The molecule has 118 valence electrons. The van der Waals surface area contributed by atoms with Crippen LogP contribution in [0, 0.1) is 13.8 Å². The molecule has 0 bridgehead atoms. The SMILES string of the molecule is Cc1cccc(OC[C@@H](O)C[NH2+][C@@H](C)c2ccccc2C)c1. The largest absolute Gasteiger partial charge is 0.491 e. The number of hydrogen-bond acceptors (Lipinski definition) is 2. The zero-order valence-electron chi connectivity index (χ0n) is 13.6. The van der Waals surface area contributed by atoms with E-state index in [4.69, 9.17) is 4.74 Å². The number of rotatable bonds is 7. The number of hydrogen-bond donors (Lipinski definition) is 2. The molecular formula is C19H26NO2+. The molecule has 2 rings (SSSR count). The Hall–Kier alpha value is -1.84. The highest BCUT2D eigenvalue weighted by molar-refractivity contribution is 5.27. The molecule has 2 aromatic rings. The number of aliphatic hydroxyl groups is 1. The van der Waals surface area contributed by atoms with Crippen LogP contribution < -0.4 is 10.1 Å². The van der Waals surface area contributed by atoms with E-state index in [0.717, 1.165) is 11.3 Å². The van der Waals surface area contributed by atoms with Gasteiger partial charge in [-0.1, -0.05) is 36.4 Å². The minimum atomic E-state index is -0.480. The zero-order chi connectivity index (χ0) is 15.9. The zero-order valence-corrected chi connectivity index (χ0v) is 13.6. The Labute approximate surface area is 133 Å². The molecule has 0 aliphatic carbocycles. The molecular weight excluding hydrogens is 274 g/mol. The van der Waals surface area contributed by atoms with Crippen molar-refractivity contribution in [2.24, 2.45) is 0 Å². The Morgan fingerprint density at radius 1 is 1.09 bits per heavy atom. The van der Waals surface area contributed by atoms with Gasteiger partial charge in [0, 0.05) is 5.56 Å². The van der Waals surface area contributed by atoms with E-state index in [9.17, 15) is 5.11 Å². The molecule has 0 heterocycles. The summed E-state index contributed by atoms with van der Waals surface area (Å²) < 4.78 is 5.64. The molecule has 0 fully saturated rings. The normalized spacial score (nSPS) is 13.6. The third kappa shape index (κ3) is 4.86. The quantitative estimate of drug-likeness (QED) is 0.824. The van der Waals surface area contributed by atoms with Crippen molar-refractivity contribution in [3.8, 4) is 5.75 Å². The Kier molecular flexibility index (Phi) is 5.99. The van der Waals surface area contributed by atoms with E-state index in [2.05, 4.69) is 43.4 Å². The van der Waals surface area contributed by atoms with E-state index >= 15 is 0 Å². The fraction of sp³-hybridized carbons (Fsp3) is 0.368. The first-order chi connectivity index (χ1) is 10.6. The molecule has 2 atom stereocenters. The van der Waals surface area contributed by atoms with Crippen molar-refractivity contribution in [2.75, 3.05) is 13.2 Å². The third-order valence-corrected chi connectivity index (χ3v) is 3.87. The van der Waals surface area contributed by atoms with Crippen LogP contribution in [0.4, 0.5) is 0 Å². The molecule has 3 nitrogen and oxygen atoms in total. The van der Waals surface area contributed by atoms with Crippen molar-refractivity contribution >= 4 is 0 Å². The second-order valence-electron chi connectivity index (χ2n) is 5.90. The van der Waals surface area contributed by atoms with Gasteiger partial charge in [0.25, 0.3) is 0 Å². The Morgan fingerprint density at radius 3 is 2.59 bits per heavy atom. The number of nitrogens with two attached hydrogens (primary N) is 1. The van der Waals surface area contributed by atoms with Crippen molar-refractivity contribution < 1.29 is 15.2 Å². The number of ether oxygens (including phenoxy) is 1. The summed E-state index contributed by atoms with van der Waals surface area (Å²) in [7, 11) is 0. The monoisotopic (exact) mass is 300 g/mol. The van der Waals surface area contributed by atoms with Gasteiger partial charge in [-0.15, -0.1) is 0 Å². The molecule has 0 radical (unpaired) electrons. The van der Waals surface area contributed by atoms with Gasteiger partial charge in [-0.2, -0.15) is 0 Å². The summed E-state index contributed by atoms with van der Waals surface area (Å²) in [4.78, 5) is 0. The van der Waals surface area contributed by atoms with Gasteiger partial charge < -0.3 is 15.2 Å². The van der Waals surface area contributed by atoms with Crippen LogP contribution in [0.2, 0.25) is 0 Å². The molecule has 0 amide bonds. The number of aliphatic hydroxyl groups excluding tert-OH is 1. The van der Waals surface area contributed by atoms with E-state index in [1.165, 1.54) is 11.1 Å². The van der Waals surface area contributed by atoms with Gasteiger partial charge in [0.05, 0.1) is 0 Å². The Morgan fingerprint density at radius 2 is 1.86 bits per heavy atom. The summed E-state index contributed by atoms with van der Waals surface area (Å²) in [6.07, 6.45) is -0.480. The fourth-order valence-corrected chi connectivity index (χ4v) is 2.55. The highest BCUT2D eigenvalue weighted by atomic mass is 16.5. The summed E-state index contributed by atoms with van der Waals surface area (Å²) >= 11 is 0. The van der Waals surface area contributed by atoms with Crippen molar-refractivity contribution in [3.05, 3.63) is 65.2 Å². The van der Waals surface area contributed by atoms with Gasteiger partial charge in [0.15, 0.2) is 0 Å². The maximum Gasteiger partial charge on any atom is 0.137 e. The second-order valence-corrected chi connectivity index (χ2v) is 5.90. The molecule has 3 N–H and O–H groups in total. The van der Waals surface area contributed by atoms with Crippen molar-refractivity contribution in [2.45, 2.75) is 32.9 Å². The van der Waals surface area contributed by atoms with E-state index in [1.807, 2.05) is 31.2 Å². The van der Waals surface area contributed by atoms with Crippen LogP contribution in [0.5, 0.6) is 5.75 Å². The molecule has 3 heteroatoms. The first kappa shape index (κ1) is 16.5. The predicted octanol–water partition coefficient (Wildman–Crippen LogP) is 2.37. The van der Waals surface area contributed by atoms with E-state index < -0.39 is 6.10 Å². The molecule has 0 aliphatic rings. The summed E-state index contributed by atoms with van der Waals surface area (Å²) in [6, 6.07) is 16.6. The van der Waals surface area contributed by atoms with Crippen LogP contribution in [0.15, 0.2) is 48.5 Å². The minimum Gasteiger partial charge on any atom is -0.491 e. The van der Waals surface area contributed by atoms with Crippen molar-refractivity contribution in [1.82, 2.24) is 0 Å². The second kappa shape index (κ2) is 7.97. The lowest BCUT2D eigenvalue weighted by Crippen LogP contribution is -2.87. The standard InChI is InChI=1S/C19H25NO2/c1-14-7-6-9-18(11-14)22-13-17(21)12-20-16(3)19-10-5-4-8-15(19)2/h4-11,16-17,20-21H,12-13H2,1-3H3/p+1/t16-,17-/m0/s1. The average molecular weight is 300 g/mol. The third-order valence-electron chi connectivity index (χ3n) is 3.87. The molecule has 0 aromatic heterocycles. The number of benzene rings is 2. The van der Waals surface area contributed by atoms with Crippen LogP contribution in [0.3, 0.4) is 0 Å². The average Bonchev–Trinajstić information content (AvgIpc) is 2.51. The molecule has 0 saturated heterocycles. The van der Waals surface area contributed by atoms with E-state index in [0.29, 0.717) is 19.2 Å².